The van der Waals surface area contributed by atoms with E-state index in [0.29, 0.717) is 0 Å². The summed E-state index contributed by atoms with van der Waals surface area (Å²) >= 11 is 1.76. The van der Waals surface area contributed by atoms with E-state index in [9.17, 15) is 4.79 Å². The molecule has 0 aromatic heterocycles. The van der Waals surface area contributed by atoms with Crippen LogP contribution in [0.1, 0.15) is 10.4 Å². The molecule has 2 rings (SSSR count). The average Bonchev–Trinajstić information content (AvgIpc) is 2.50. The van der Waals surface area contributed by atoms with Gasteiger partial charge in [-0.1, -0.05) is 6.07 Å². The van der Waals surface area contributed by atoms with Gasteiger partial charge in [-0.25, -0.2) is 0 Å². The second-order valence-electron chi connectivity index (χ2n) is 2.34. The highest BCUT2D eigenvalue weighted by molar-refractivity contribution is 7.99. The van der Waals surface area contributed by atoms with Crippen molar-refractivity contribution in [3.63, 3.8) is 0 Å². The number of nitrogens with one attached hydrogen (secondary N) is 1. The van der Waals surface area contributed by atoms with Gasteiger partial charge >= 0.3 is 0 Å². The Morgan fingerprint density at radius 3 is 3.27 bits per heavy atom. The predicted octanol–water partition coefficient (Wildman–Crippen LogP) is 1.97. The van der Waals surface area contributed by atoms with E-state index in [1.165, 1.54) is 4.90 Å². The summed E-state index contributed by atoms with van der Waals surface area (Å²) in [6.07, 6.45) is 0.866. The molecular weight excluding hydrogens is 158 g/mol. The fourth-order valence-electron chi connectivity index (χ4n) is 1.08. The number of benzene rings is 1. The Morgan fingerprint density at radius 2 is 2.45 bits per heavy atom. The van der Waals surface area contributed by atoms with Gasteiger partial charge in [0.1, 0.15) is 6.29 Å². The largest absolute Gasteiger partial charge is 0.375 e. The molecule has 1 aromatic carbocycles. The summed E-state index contributed by atoms with van der Waals surface area (Å²) < 4.78 is 0. The van der Waals surface area contributed by atoms with Crippen molar-refractivity contribution in [2.75, 3.05) is 11.2 Å². The topological polar surface area (TPSA) is 29.1 Å². The third-order valence-electron chi connectivity index (χ3n) is 1.63. The first-order valence-electron chi connectivity index (χ1n) is 3.36. The molecule has 0 amide bonds. The summed E-state index contributed by atoms with van der Waals surface area (Å²) in [4.78, 5) is 11.6. The number of rotatable bonds is 1. The van der Waals surface area contributed by atoms with Crippen LogP contribution in [0.2, 0.25) is 0 Å². The lowest BCUT2D eigenvalue weighted by atomic mass is 10.2. The number of aldehydes is 1. The molecule has 1 aliphatic rings. The number of thioether (sulfide) groups is 1. The van der Waals surface area contributed by atoms with Gasteiger partial charge in [0.05, 0.1) is 5.88 Å². The number of carbonyl (C=O) groups excluding carboxylic acids is 1. The number of hydrogen-bond donors (Lipinski definition) is 1. The minimum Gasteiger partial charge on any atom is -0.375 e. The fourth-order valence-corrected chi connectivity index (χ4v) is 1.91. The SMILES string of the molecule is O=Cc1ccc2c(c1)NCS2. The normalized spacial score (nSPS) is 13.8. The van der Waals surface area contributed by atoms with Crippen LogP contribution in [0.4, 0.5) is 5.69 Å². The Labute approximate surface area is 69.0 Å². The predicted molar refractivity (Wildman–Crippen MR) is 46.2 cm³/mol. The van der Waals surface area contributed by atoms with Crippen LogP contribution in [0, 0.1) is 0 Å². The Hall–Kier alpha value is -0.960. The molecule has 0 saturated carbocycles. The summed E-state index contributed by atoms with van der Waals surface area (Å²) in [5.41, 5.74) is 1.82. The van der Waals surface area contributed by atoms with Crippen molar-refractivity contribution < 1.29 is 4.79 Å². The van der Waals surface area contributed by atoms with Crippen molar-refractivity contribution in [3.8, 4) is 0 Å². The molecule has 56 valence electrons. The van der Waals surface area contributed by atoms with Crippen LogP contribution in [0.3, 0.4) is 0 Å². The van der Waals surface area contributed by atoms with Gasteiger partial charge in [0.25, 0.3) is 0 Å². The highest BCUT2D eigenvalue weighted by Crippen LogP contribution is 2.33. The molecule has 0 radical (unpaired) electrons. The lowest BCUT2D eigenvalue weighted by molar-refractivity contribution is 0.112. The highest BCUT2D eigenvalue weighted by atomic mass is 32.2. The van der Waals surface area contributed by atoms with Crippen LogP contribution in [0.15, 0.2) is 23.1 Å². The van der Waals surface area contributed by atoms with Crippen LogP contribution in [0.25, 0.3) is 0 Å². The Kier molecular flexibility index (Phi) is 1.58. The van der Waals surface area contributed by atoms with Crippen molar-refractivity contribution in [3.05, 3.63) is 23.8 Å². The molecule has 0 fully saturated rings. The number of hydrogen-bond acceptors (Lipinski definition) is 3. The Morgan fingerprint density at radius 1 is 1.55 bits per heavy atom. The first-order valence-corrected chi connectivity index (χ1v) is 4.34. The van der Waals surface area contributed by atoms with E-state index in [0.717, 1.165) is 23.4 Å². The molecule has 1 heterocycles. The molecule has 3 heteroatoms. The third kappa shape index (κ3) is 1.12. The van der Waals surface area contributed by atoms with E-state index in [1.807, 2.05) is 18.2 Å². The van der Waals surface area contributed by atoms with Crippen LogP contribution in [-0.2, 0) is 0 Å². The summed E-state index contributed by atoms with van der Waals surface area (Å²) in [6, 6.07) is 5.69. The van der Waals surface area contributed by atoms with Gasteiger partial charge in [0.2, 0.25) is 0 Å². The molecule has 2 nitrogen and oxygen atoms in total. The second kappa shape index (κ2) is 2.58. The van der Waals surface area contributed by atoms with Gasteiger partial charge in [-0.15, -0.1) is 11.8 Å². The Balaban J connectivity index is 2.48. The fraction of sp³-hybridized carbons (Fsp3) is 0.125. The standard InChI is InChI=1S/C8H7NOS/c10-4-6-1-2-8-7(3-6)9-5-11-8/h1-4,9H,5H2. The number of carbonyl (C=O) groups is 1. The number of anilines is 1. The molecule has 0 spiro atoms. The summed E-state index contributed by atoms with van der Waals surface area (Å²) in [7, 11) is 0. The van der Waals surface area contributed by atoms with E-state index in [2.05, 4.69) is 5.32 Å². The number of fused-ring (bicyclic) bond motifs is 1. The summed E-state index contributed by atoms with van der Waals surface area (Å²) in [5.74, 6) is 0.914. The molecular formula is C8H7NOS. The lowest BCUT2D eigenvalue weighted by Gasteiger charge is -1.97. The first-order chi connectivity index (χ1) is 5.40. The zero-order valence-corrected chi connectivity index (χ0v) is 6.65. The van der Waals surface area contributed by atoms with Crippen LogP contribution < -0.4 is 5.32 Å². The minimum absolute atomic E-state index is 0.735. The Bertz CT molecular complexity index is 298. The molecule has 1 aromatic rings. The van der Waals surface area contributed by atoms with E-state index in [1.54, 1.807) is 11.8 Å². The van der Waals surface area contributed by atoms with Gasteiger partial charge in [0.15, 0.2) is 0 Å². The van der Waals surface area contributed by atoms with E-state index >= 15 is 0 Å². The molecule has 0 aliphatic carbocycles. The minimum atomic E-state index is 0.735. The molecule has 0 bridgehead atoms. The van der Waals surface area contributed by atoms with Gasteiger partial charge < -0.3 is 5.32 Å². The van der Waals surface area contributed by atoms with Gasteiger partial charge in [0, 0.05) is 16.1 Å². The zero-order valence-electron chi connectivity index (χ0n) is 5.83. The summed E-state index contributed by atoms with van der Waals surface area (Å²) in [6.45, 7) is 0. The van der Waals surface area contributed by atoms with Gasteiger partial charge in [-0.05, 0) is 12.1 Å². The highest BCUT2D eigenvalue weighted by Gasteiger charge is 2.09. The smallest absolute Gasteiger partial charge is 0.150 e. The van der Waals surface area contributed by atoms with E-state index < -0.39 is 0 Å². The van der Waals surface area contributed by atoms with Crippen LogP contribution >= 0.6 is 11.8 Å². The molecule has 0 saturated heterocycles. The second-order valence-corrected chi connectivity index (χ2v) is 3.36. The first kappa shape index (κ1) is 6.73. The monoisotopic (exact) mass is 165 g/mol. The molecule has 0 unspecified atom stereocenters. The molecule has 11 heavy (non-hydrogen) atoms. The maximum absolute atomic E-state index is 10.4. The quantitative estimate of drug-likeness (QED) is 0.645. The average molecular weight is 165 g/mol. The maximum Gasteiger partial charge on any atom is 0.150 e. The van der Waals surface area contributed by atoms with Crippen molar-refractivity contribution >= 4 is 23.7 Å². The van der Waals surface area contributed by atoms with Gasteiger partial charge in [-0.2, -0.15) is 0 Å². The van der Waals surface area contributed by atoms with Crippen LogP contribution in [-0.4, -0.2) is 12.2 Å². The van der Waals surface area contributed by atoms with Crippen LogP contribution in [0.5, 0.6) is 0 Å². The van der Waals surface area contributed by atoms with Crippen molar-refractivity contribution in [1.29, 1.82) is 0 Å². The third-order valence-corrected chi connectivity index (χ3v) is 2.59. The van der Waals surface area contributed by atoms with Crippen molar-refractivity contribution in [1.82, 2.24) is 0 Å². The lowest BCUT2D eigenvalue weighted by Crippen LogP contribution is -1.89. The molecule has 1 N–H and O–H groups in total. The van der Waals surface area contributed by atoms with Crippen molar-refractivity contribution in [2.45, 2.75) is 4.90 Å². The molecule has 0 atom stereocenters. The zero-order chi connectivity index (χ0) is 7.68. The molecule has 1 aliphatic heterocycles. The van der Waals surface area contributed by atoms with Crippen molar-refractivity contribution in [2.24, 2.45) is 0 Å². The maximum atomic E-state index is 10.4. The van der Waals surface area contributed by atoms with E-state index in [4.69, 9.17) is 0 Å². The van der Waals surface area contributed by atoms with Gasteiger partial charge in [-0.3, -0.25) is 4.79 Å². The summed E-state index contributed by atoms with van der Waals surface area (Å²) in [5, 5.41) is 3.18. The van der Waals surface area contributed by atoms with E-state index in [-0.39, 0.29) is 0 Å².